The van der Waals surface area contributed by atoms with Crippen LogP contribution in [0.1, 0.15) is 13.8 Å². The second-order valence-corrected chi connectivity index (χ2v) is 3.64. The molecule has 12 heavy (non-hydrogen) atoms. The van der Waals surface area contributed by atoms with Crippen LogP contribution in [0, 0.1) is 0 Å². The van der Waals surface area contributed by atoms with Crippen molar-refractivity contribution in [3.05, 3.63) is 0 Å². The van der Waals surface area contributed by atoms with E-state index in [2.05, 4.69) is 0 Å². The molecular weight excluding hydrogens is 203 g/mol. The smallest absolute Gasteiger partial charge is 0.296 e. The van der Waals surface area contributed by atoms with E-state index in [4.69, 9.17) is 23.4 Å². The van der Waals surface area contributed by atoms with E-state index in [1.807, 2.05) is 0 Å². The van der Waals surface area contributed by atoms with Gasteiger partial charge in [-0.2, -0.15) is 4.42 Å². The van der Waals surface area contributed by atoms with Crippen molar-refractivity contribution in [1.29, 1.82) is 0 Å². The van der Waals surface area contributed by atoms with E-state index in [-0.39, 0.29) is 0 Å². The van der Waals surface area contributed by atoms with E-state index in [0.717, 1.165) is 0 Å². The van der Waals surface area contributed by atoms with Crippen molar-refractivity contribution in [2.45, 2.75) is 18.8 Å². The van der Waals surface area contributed by atoms with E-state index < -0.39 is 16.9 Å². The average Bonchev–Trinajstić information content (AvgIpc) is 2.13. The Labute approximate surface area is 80.1 Å². The summed E-state index contributed by atoms with van der Waals surface area (Å²) in [5.74, 6) is -0.599. The maximum Gasteiger partial charge on any atom is 0.343 e. The second-order valence-electron chi connectivity index (χ2n) is 2.57. The van der Waals surface area contributed by atoms with Gasteiger partial charge in [0.05, 0.1) is 0 Å². The molecule has 0 aromatic carbocycles. The molecule has 0 N–H and O–H groups in total. The van der Waals surface area contributed by atoms with Crippen LogP contribution < -0.4 is 0 Å². The molecule has 0 saturated carbocycles. The highest BCUT2D eigenvalue weighted by Gasteiger charge is 2.52. The van der Waals surface area contributed by atoms with E-state index in [0.29, 0.717) is 11.0 Å². The van der Waals surface area contributed by atoms with Crippen LogP contribution in [0.4, 0.5) is 4.79 Å². The lowest BCUT2D eigenvalue weighted by molar-refractivity contribution is -0.126. The number of hydrogen-bond donors (Lipinski definition) is 0. The van der Waals surface area contributed by atoms with Gasteiger partial charge in [-0.1, -0.05) is 11.6 Å². The summed E-state index contributed by atoms with van der Waals surface area (Å²) in [4.78, 5) is 22.3. The topological polar surface area (TPSA) is 40.6 Å². The monoisotopic (exact) mass is 210 g/mol. The molecule has 0 spiro atoms. The minimum absolute atomic E-state index is 0.355. The molecule has 1 unspecified atom stereocenters. The van der Waals surface area contributed by atoms with Gasteiger partial charge in [0.25, 0.3) is 5.91 Å². The normalized spacial score (nSPS) is 30.3. The predicted octanol–water partition coefficient (Wildman–Crippen LogP) is 1.38. The van der Waals surface area contributed by atoms with Crippen LogP contribution in [0.2, 0.25) is 0 Å². The highest BCUT2D eigenvalue weighted by Crippen LogP contribution is 2.32. The Morgan fingerprint density at radius 2 is 2.00 bits per heavy atom. The molecule has 1 aliphatic rings. The highest BCUT2D eigenvalue weighted by atomic mass is 35.5. The number of alkyl halides is 1. The first-order chi connectivity index (χ1) is 5.42. The maximum atomic E-state index is 11.2. The van der Waals surface area contributed by atoms with Crippen molar-refractivity contribution < 1.29 is 9.59 Å². The molecule has 1 fully saturated rings. The van der Waals surface area contributed by atoms with Gasteiger partial charge in [0.1, 0.15) is 0 Å². The first kappa shape index (κ1) is 9.61. The molecule has 1 heterocycles. The number of halogens is 2. The van der Waals surface area contributed by atoms with Crippen LogP contribution in [0.25, 0.3) is 0 Å². The number of carbonyl (C=O) groups is 2. The van der Waals surface area contributed by atoms with Crippen molar-refractivity contribution >= 4 is 35.3 Å². The van der Waals surface area contributed by atoms with Gasteiger partial charge in [0.15, 0.2) is 5.00 Å². The predicted molar refractivity (Wildman–Crippen MR) is 44.7 cm³/mol. The van der Waals surface area contributed by atoms with Crippen LogP contribution in [0.15, 0.2) is 0 Å². The lowest BCUT2D eigenvalue weighted by Crippen LogP contribution is -2.41. The summed E-state index contributed by atoms with van der Waals surface area (Å²) in [6.07, 6.45) is 0. The third kappa shape index (κ3) is 1.06. The standard InChI is InChI=1S/C6H8Cl2N2O2/c1-3-9-5(12)10(8)4(11)6(9,2)7/h3H2,1-2H3. The van der Waals surface area contributed by atoms with Crippen molar-refractivity contribution in [2.24, 2.45) is 0 Å². The third-order valence-corrected chi connectivity index (χ3v) is 2.45. The SMILES string of the molecule is CCN1C(=O)N(Cl)C(=O)C1(C)Cl. The Balaban J connectivity index is 3.04. The van der Waals surface area contributed by atoms with Crippen LogP contribution in [-0.2, 0) is 4.79 Å². The third-order valence-electron chi connectivity index (χ3n) is 1.79. The zero-order chi connectivity index (χ0) is 9.52. The first-order valence-corrected chi connectivity index (χ1v) is 4.15. The molecule has 0 aromatic rings. The Hall–Kier alpha value is -0.480. The minimum atomic E-state index is -1.33. The number of urea groups is 1. The number of rotatable bonds is 1. The van der Waals surface area contributed by atoms with Crippen LogP contribution in [0.5, 0.6) is 0 Å². The van der Waals surface area contributed by atoms with Crippen molar-refractivity contribution in [1.82, 2.24) is 9.32 Å². The van der Waals surface area contributed by atoms with Gasteiger partial charge in [-0.25, -0.2) is 4.79 Å². The maximum absolute atomic E-state index is 11.2. The summed E-state index contributed by atoms with van der Waals surface area (Å²) in [5, 5.41) is 0. The van der Waals surface area contributed by atoms with E-state index in [9.17, 15) is 9.59 Å². The summed E-state index contributed by atoms with van der Waals surface area (Å²) in [6.45, 7) is 3.52. The number of nitrogens with zero attached hydrogens (tertiary/aromatic N) is 2. The quantitative estimate of drug-likeness (QED) is 0.284. The summed E-state index contributed by atoms with van der Waals surface area (Å²) in [6, 6.07) is -0.568. The number of imide groups is 1. The van der Waals surface area contributed by atoms with Gasteiger partial charge in [0.2, 0.25) is 0 Å². The summed E-state index contributed by atoms with van der Waals surface area (Å²) >= 11 is 11.2. The Morgan fingerprint density at radius 3 is 2.17 bits per heavy atom. The molecule has 1 saturated heterocycles. The van der Waals surface area contributed by atoms with Gasteiger partial charge in [-0.3, -0.25) is 9.69 Å². The van der Waals surface area contributed by atoms with Crippen molar-refractivity contribution in [3.63, 3.8) is 0 Å². The minimum Gasteiger partial charge on any atom is -0.296 e. The van der Waals surface area contributed by atoms with Gasteiger partial charge in [-0.15, -0.1) is 0 Å². The number of hydrogen-bond acceptors (Lipinski definition) is 2. The van der Waals surface area contributed by atoms with Gasteiger partial charge < -0.3 is 0 Å². The molecule has 0 bridgehead atoms. The van der Waals surface area contributed by atoms with Crippen LogP contribution in [-0.4, -0.2) is 32.8 Å². The van der Waals surface area contributed by atoms with Crippen molar-refractivity contribution in [2.75, 3.05) is 6.54 Å². The van der Waals surface area contributed by atoms with E-state index in [1.165, 1.54) is 11.8 Å². The van der Waals surface area contributed by atoms with Crippen molar-refractivity contribution in [3.8, 4) is 0 Å². The van der Waals surface area contributed by atoms with E-state index in [1.54, 1.807) is 6.92 Å². The second kappa shape index (κ2) is 2.78. The Morgan fingerprint density at radius 1 is 1.50 bits per heavy atom. The molecule has 0 aliphatic carbocycles. The molecule has 0 aromatic heterocycles. The molecule has 1 atom stereocenters. The number of carbonyl (C=O) groups excluding carboxylic acids is 2. The average molecular weight is 211 g/mol. The van der Waals surface area contributed by atoms with Gasteiger partial charge in [-0.05, 0) is 13.8 Å². The molecule has 0 radical (unpaired) electrons. The molecule has 68 valence electrons. The molecule has 1 rings (SSSR count). The highest BCUT2D eigenvalue weighted by molar-refractivity contribution is 6.44. The lowest BCUT2D eigenvalue weighted by atomic mass is 10.3. The zero-order valence-corrected chi connectivity index (χ0v) is 8.19. The molecule has 6 heteroatoms. The lowest BCUT2D eigenvalue weighted by Gasteiger charge is -2.23. The van der Waals surface area contributed by atoms with Gasteiger partial charge >= 0.3 is 6.03 Å². The summed E-state index contributed by atoms with van der Waals surface area (Å²) in [5.41, 5.74) is 0. The van der Waals surface area contributed by atoms with Gasteiger partial charge in [0, 0.05) is 18.3 Å². The van der Waals surface area contributed by atoms with Crippen LogP contribution >= 0.6 is 23.4 Å². The molecule has 1 aliphatic heterocycles. The Kier molecular flexibility index (Phi) is 2.23. The fraction of sp³-hybridized carbons (Fsp3) is 0.667. The molecular formula is C6H8Cl2N2O2. The fourth-order valence-electron chi connectivity index (χ4n) is 1.10. The fourth-order valence-corrected chi connectivity index (χ4v) is 1.67. The Bertz CT molecular complexity index is 242. The number of amides is 3. The number of likely N-dealkylation sites (N-methyl/N-ethyl adjacent to an activating group) is 1. The summed E-state index contributed by atoms with van der Waals surface area (Å²) < 4.78 is 0.510. The zero-order valence-electron chi connectivity index (χ0n) is 6.67. The molecule has 4 nitrogen and oxygen atoms in total. The first-order valence-electron chi connectivity index (χ1n) is 3.43. The van der Waals surface area contributed by atoms with E-state index >= 15 is 0 Å². The van der Waals surface area contributed by atoms with Crippen LogP contribution in [0.3, 0.4) is 0 Å². The summed E-state index contributed by atoms with van der Waals surface area (Å²) in [7, 11) is 0. The largest absolute Gasteiger partial charge is 0.343 e. The molecule has 3 amide bonds.